The molecule has 0 aromatic rings. The molecular formula is C11H19NO. The fraction of sp³-hybridized carbons (Fsp3) is 0.727. The number of carbonyl (C=O) groups is 1. The van der Waals surface area contributed by atoms with Crippen LogP contribution < -0.4 is 5.32 Å². The molecule has 13 heavy (non-hydrogen) atoms. The minimum Gasteiger partial charge on any atom is -0.350 e. The molecule has 74 valence electrons. The number of nitrogens with one attached hydrogen (secondary N) is 1. The maximum absolute atomic E-state index is 11.5. The molecule has 1 fully saturated rings. The number of hydrogen-bond acceptors (Lipinski definition) is 1. The lowest BCUT2D eigenvalue weighted by atomic mass is 9.82. The molecule has 0 aliphatic heterocycles. The Hall–Kier alpha value is -0.790. The summed E-state index contributed by atoms with van der Waals surface area (Å²) in [4.78, 5) is 11.5. The fourth-order valence-electron chi connectivity index (χ4n) is 1.54. The van der Waals surface area contributed by atoms with E-state index in [0.717, 1.165) is 29.9 Å². The van der Waals surface area contributed by atoms with E-state index >= 15 is 0 Å². The minimum atomic E-state index is 0.108. The molecule has 0 aromatic heterocycles. The van der Waals surface area contributed by atoms with E-state index in [4.69, 9.17) is 0 Å². The first-order chi connectivity index (χ1) is 6.00. The average molecular weight is 181 g/mol. The largest absolute Gasteiger partial charge is 0.350 e. The van der Waals surface area contributed by atoms with Crippen molar-refractivity contribution in [3.05, 3.63) is 11.1 Å². The van der Waals surface area contributed by atoms with Crippen molar-refractivity contribution < 1.29 is 4.79 Å². The summed E-state index contributed by atoms with van der Waals surface area (Å²) in [6.45, 7) is 8.04. The Kier molecular flexibility index (Phi) is 3.12. The van der Waals surface area contributed by atoms with Gasteiger partial charge in [0.15, 0.2) is 0 Å². The molecule has 2 nitrogen and oxygen atoms in total. The third kappa shape index (κ3) is 2.58. The second-order valence-electron chi connectivity index (χ2n) is 4.37. The zero-order valence-corrected chi connectivity index (χ0v) is 8.98. The fourth-order valence-corrected chi connectivity index (χ4v) is 1.54. The topological polar surface area (TPSA) is 29.1 Å². The standard InChI is InChI=1S/C11H19NO/c1-7(2)9(4)11(13)12-10-5-8(3)6-10/h8,10H,5-6H2,1-4H3,(H,12,13). The van der Waals surface area contributed by atoms with E-state index in [1.54, 1.807) is 0 Å². The van der Waals surface area contributed by atoms with Crippen molar-refractivity contribution >= 4 is 5.91 Å². The van der Waals surface area contributed by atoms with Gasteiger partial charge in [0.2, 0.25) is 5.91 Å². The highest BCUT2D eigenvalue weighted by molar-refractivity contribution is 5.93. The Balaban J connectivity index is 2.38. The molecule has 0 bridgehead atoms. The summed E-state index contributed by atoms with van der Waals surface area (Å²) in [5.41, 5.74) is 1.96. The Morgan fingerprint density at radius 1 is 1.23 bits per heavy atom. The lowest BCUT2D eigenvalue weighted by molar-refractivity contribution is -0.118. The van der Waals surface area contributed by atoms with E-state index in [9.17, 15) is 4.79 Å². The van der Waals surface area contributed by atoms with Crippen LogP contribution in [0.15, 0.2) is 11.1 Å². The summed E-state index contributed by atoms with van der Waals surface area (Å²) in [5, 5.41) is 3.03. The van der Waals surface area contributed by atoms with Crippen LogP contribution in [0.4, 0.5) is 0 Å². The monoisotopic (exact) mass is 181 g/mol. The Morgan fingerprint density at radius 3 is 2.15 bits per heavy atom. The first-order valence-corrected chi connectivity index (χ1v) is 4.95. The molecule has 0 unspecified atom stereocenters. The van der Waals surface area contributed by atoms with Gasteiger partial charge in [-0.3, -0.25) is 4.79 Å². The normalized spacial score (nSPS) is 26.2. The van der Waals surface area contributed by atoms with Crippen molar-refractivity contribution in [2.45, 2.75) is 46.6 Å². The van der Waals surface area contributed by atoms with Crippen LogP contribution in [0, 0.1) is 5.92 Å². The molecule has 0 heterocycles. The molecule has 1 aliphatic carbocycles. The summed E-state index contributed by atoms with van der Waals surface area (Å²) >= 11 is 0. The molecule has 0 atom stereocenters. The SMILES string of the molecule is CC(C)=C(C)C(=O)NC1CC(C)C1. The van der Waals surface area contributed by atoms with Gasteiger partial charge in [-0.1, -0.05) is 12.5 Å². The zero-order valence-electron chi connectivity index (χ0n) is 8.98. The van der Waals surface area contributed by atoms with Gasteiger partial charge in [-0.05, 0) is 39.5 Å². The lowest BCUT2D eigenvalue weighted by Crippen LogP contribution is -2.43. The predicted molar refractivity (Wildman–Crippen MR) is 54.4 cm³/mol. The van der Waals surface area contributed by atoms with Crippen LogP contribution in [0.5, 0.6) is 0 Å². The van der Waals surface area contributed by atoms with Crippen LogP contribution in [0.2, 0.25) is 0 Å². The van der Waals surface area contributed by atoms with E-state index in [0.29, 0.717) is 6.04 Å². The third-order valence-corrected chi connectivity index (χ3v) is 2.80. The number of rotatable bonds is 2. The zero-order chi connectivity index (χ0) is 10.0. The van der Waals surface area contributed by atoms with Crippen molar-refractivity contribution in [3.8, 4) is 0 Å². The van der Waals surface area contributed by atoms with Crippen molar-refractivity contribution in [2.24, 2.45) is 5.92 Å². The number of allylic oxidation sites excluding steroid dienone is 1. The average Bonchev–Trinajstić information content (AvgIpc) is 2.00. The van der Waals surface area contributed by atoms with Crippen LogP contribution in [0.25, 0.3) is 0 Å². The van der Waals surface area contributed by atoms with E-state index in [1.807, 2.05) is 20.8 Å². The number of amides is 1. The summed E-state index contributed by atoms with van der Waals surface area (Å²) in [6.07, 6.45) is 2.28. The quantitative estimate of drug-likeness (QED) is 0.650. The summed E-state index contributed by atoms with van der Waals surface area (Å²) in [7, 11) is 0. The van der Waals surface area contributed by atoms with Gasteiger partial charge >= 0.3 is 0 Å². The van der Waals surface area contributed by atoms with E-state index in [-0.39, 0.29) is 5.91 Å². The van der Waals surface area contributed by atoms with E-state index in [2.05, 4.69) is 12.2 Å². The first-order valence-electron chi connectivity index (χ1n) is 4.95. The smallest absolute Gasteiger partial charge is 0.247 e. The second-order valence-corrected chi connectivity index (χ2v) is 4.37. The first kappa shape index (κ1) is 10.3. The Bertz CT molecular complexity index is 232. The third-order valence-electron chi connectivity index (χ3n) is 2.80. The highest BCUT2D eigenvalue weighted by Gasteiger charge is 2.26. The molecule has 0 spiro atoms. The highest BCUT2D eigenvalue weighted by Crippen LogP contribution is 2.26. The molecular weight excluding hydrogens is 162 g/mol. The van der Waals surface area contributed by atoms with Gasteiger partial charge in [0.1, 0.15) is 0 Å². The maximum Gasteiger partial charge on any atom is 0.247 e. The van der Waals surface area contributed by atoms with Gasteiger partial charge < -0.3 is 5.32 Å². The van der Waals surface area contributed by atoms with Gasteiger partial charge in [0, 0.05) is 11.6 Å². The summed E-state index contributed by atoms with van der Waals surface area (Å²) in [6, 6.07) is 0.428. The van der Waals surface area contributed by atoms with E-state index in [1.165, 1.54) is 0 Å². The van der Waals surface area contributed by atoms with Crippen LogP contribution in [0.3, 0.4) is 0 Å². The summed E-state index contributed by atoms with van der Waals surface area (Å²) in [5.74, 6) is 0.897. The van der Waals surface area contributed by atoms with Gasteiger partial charge in [-0.25, -0.2) is 0 Å². The van der Waals surface area contributed by atoms with Gasteiger partial charge in [-0.15, -0.1) is 0 Å². The van der Waals surface area contributed by atoms with Crippen LogP contribution in [0.1, 0.15) is 40.5 Å². The van der Waals surface area contributed by atoms with Crippen LogP contribution in [-0.2, 0) is 4.79 Å². The maximum atomic E-state index is 11.5. The molecule has 1 N–H and O–H groups in total. The molecule has 2 heteroatoms. The highest BCUT2D eigenvalue weighted by atomic mass is 16.1. The summed E-state index contributed by atoms with van der Waals surface area (Å²) < 4.78 is 0. The molecule has 0 saturated heterocycles. The molecule has 0 radical (unpaired) electrons. The van der Waals surface area contributed by atoms with Crippen molar-refractivity contribution in [2.75, 3.05) is 0 Å². The number of hydrogen-bond donors (Lipinski definition) is 1. The van der Waals surface area contributed by atoms with Crippen LogP contribution >= 0.6 is 0 Å². The lowest BCUT2D eigenvalue weighted by Gasteiger charge is -2.33. The van der Waals surface area contributed by atoms with Crippen molar-refractivity contribution in [1.82, 2.24) is 5.32 Å². The van der Waals surface area contributed by atoms with E-state index < -0.39 is 0 Å². The van der Waals surface area contributed by atoms with Gasteiger partial charge in [0.25, 0.3) is 0 Å². The van der Waals surface area contributed by atoms with Crippen molar-refractivity contribution in [3.63, 3.8) is 0 Å². The molecule has 1 rings (SSSR count). The Labute approximate surface area is 80.4 Å². The minimum absolute atomic E-state index is 0.108. The second kappa shape index (κ2) is 3.95. The number of carbonyl (C=O) groups excluding carboxylic acids is 1. The Morgan fingerprint density at radius 2 is 1.77 bits per heavy atom. The molecule has 1 amide bonds. The molecule has 1 saturated carbocycles. The molecule has 0 aromatic carbocycles. The van der Waals surface area contributed by atoms with Crippen molar-refractivity contribution in [1.29, 1.82) is 0 Å². The molecule has 1 aliphatic rings. The van der Waals surface area contributed by atoms with Gasteiger partial charge in [0.05, 0.1) is 0 Å². The van der Waals surface area contributed by atoms with Gasteiger partial charge in [-0.2, -0.15) is 0 Å². The van der Waals surface area contributed by atoms with Crippen LogP contribution in [-0.4, -0.2) is 11.9 Å². The predicted octanol–water partition coefficient (Wildman–Crippen LogP) is 2.26.